The summed E-state index contributed by atoms with van der Waals surface area (Å²) in [4.78, 5) is 37.2. The molecule has 9 heteroatoms. The van der Waals surface area contributed by atoms with Crippen LogP contribution in [0.3, 0.4) is 0 Å². The van der Waals surface area contributed by atoms with Gasteiger partial charge in [-0.15, -0.1) is 0 Å². The molecular formula is C19H26N4O5. The molecule has 0 aliphatic carbocycles. The molecule has 0 atom stereocenters. The number of fused-ring (bicyclic) bond motifs is 1. The number of oxazole rings is 1. The van der Waals surface area contributed by atoms with E-state index in [-0.39, 0.29) is 23.2 Å². The van der Waals surface area contributed by atoms with E-state index in [1.54, 1.807) is 0 Å². The van der Waals surface area contributed by atoms with Gasteiger partial charge in [-0.25, -0.2) is 4.79 Å². The molecule has 0 bridgehead atoms. The van der Waals surface area contributed by atoms with Crippen molar-refractivity contribution in [3.63, 3.8) is 0 Å². The van der Waals surface area contributed by atoms with Crippen molar-refractivity contribution in [1.29, 1.82) is 0 Å². The molecule has 1 saturated heterocycles. The number of piperidine rings is 1. The Labute approximate surface area is 162 Å². The van der Waals surface area contributed by atoms with E-state index in [0.717, 1.165) is 38.9 Å². The largest absolute Gasteiger partial charge is 0.419 e. The van der Waals surface area contributed by atoms with Crippen molar-refractivity contribution in [3.8, 4) is 0 Å². The standard InChI is InChI=1S/C19H26N4O5/c1-2-11-21(14-7-9-20-10-8-14)18(24)4-3-12-22-16-6-5-15(23(26)27)13-17(16)28-19(22)25/h5-6,13-14,20H,2-4,7-12H2,1H3. The van der Waals surface area contributed by atoms with Crippen LogP contribution in [0.1, 0.15) is 39.0 Å². The molecule has 0 radical (unpaired) electrons. The fraction of sp³-hybridized carbons (Fsp3) is 0.579. The third-order valence-electron chi connectivity index (χ3n) is 5.17. The Morgan fingerprint density at radius 3 is 2.82 bits per heavy atom. The van der Waals surface area contributed by atoms with Crippen molar-refractivity contribution in [2.24, 2.45) is 0 Å². The molecule has 0 saturated carbocycles. The molecule has 0 spiro atoms. The highest BCUT2D eigenvalue weighted by molar-refractivity contribution is 5.77. The first-order chi connectivity index (χ1) is 13.5. The Kier molecular flexibility index (Phi) is 6.45. The Hall–Kier alpha value is -2.68. The average Bonchev–Trinajstić information content (AvgIpc) is 3.01. The van der Waals surface area contributed by atoms with E-state index in [2.05, 4.69) is 12.2 Å². The first-order valence-corrected chi connectivity index (χ1v) is 9.79. The summed E-state index contributed by atoms with van der Waals surface area (Å²) < 4.78 is 6.56. The first kappa shape index (κ1) is 20.1. The quantitative estimate of drug-likeness (QED) is 0.547. The minimum Gasteiger partial charge on any atom is -0.407 e. The average molecular weight is 390 g/mol. The second-order valence-corrected chi connectivity index (χ2v) is 7.10. The van der Waals surface area contributed by atoms with Gasteiger partial charge in [0.15, 0.2) is 5.58 Å². The Morgan fingerprint density at radius 1 is 1.39 bits per heavy atom. The topological polar surface area (TPSA) is 111 Å². The zero-order chi connectivity index (χ0) is 20.1. The summed E-state index contributed by atoms with van der Waals surface area (Å²) in [6.07, 6.45) is 3.72. The van der Waals surface area contributed by atoms with Crippen molar-refractivity contribution in [3.05, 3.63) is 38.9 Å². The lowest BCUT2D eigenvalue weighted by Crippen LogP contribution is -2.46. The highest BCUT2D eigenvalue weighted by atomic mass is 16.6. The van der Waals surface area contributed by atoms with Crippen LogP contribution in [0, 0.1) is 10.1 Å². The molecule has 1 fully saturated rings. The van der Waals surface area contributed by atoms with Crippen LogP contribution in [0.4, 0.5) is 5.69 Å². The maximum Gasteiger partial charge on any atom is 0.419 e. The minimum absolute atomic E-state index is 0.116. The number of nitro benzene ring substituents is 1. The molecule has 2 aromatic rings. The van der Waals surface area contributed by atoms with Crippen LogP contribution in [0.15, 0.2) is 27.4 Å². The summed E-state index contributed by atoms with van der Waals surface area (Å²) in [6.45, 7) is 5.02. The number of carbonyl (C=O) groups excluding carboxylic acids is 1. The van der Waals surface area contributed by atoms with Gasteiger partial charge in [0.2, 0.25) is 5.91 Å². The van der Waals surface area contributed by atoms with Crippen LogP contribution in [0.2, 0.25) is 0 Å². The van der Waals surface area contributed by atoms with Crippen molar-refractivity contribution < 1.29 is 14.1 Å². The van der Waals surface area contributed by atoms with Crippen molar-refractivity contribution >= 4 is 22.7 Å². The van der Waals surface area contributed by atoms with Crippen LogP contribution in [0.25, 0.3) is 11.1 Å². The lowest BCUT2D eigenvalue weighted by molar-refractivity contribution is -0.384. The molecule has 0 unspecified atom stereocenters. The summed E-state index contributed by atoms with van der Waals surface area (Å²) in [5, 5.41) is 14.2. The molecular weight excluding hydrogens is 364 g/mol. The fourth-order valence-electron chi connectivity index (χ4n) is 3.78. The minimum atomic E-state index is -0.563. The molecule has 1 aromatic carbocycles. The van der Waals surface area contributed by atoms with Crippen molar-refractivity contribution in [2.75, 3.05) is 19.6 Å². The number of carbonyl (C=O) groups is 1. The van der Waals surface area contributed by atoms with Crippen LogP contribution < -0.4 is 11.1 Å². The molecule has 1 N–H and O–H groups in total. The maximum absolute atomic E-state index is 12.7. The third kappa shape index (κ3) is 4.41. The zero-order valence-corrected chi connectivity index (χ0v) is 16.1. The molecule has 1 aliphatic heterocycles. The van der Waals surface area contributed by atoms with E-state index in [0.29, 0.717) is 24.9 Å². The van der Waals surface area contributed by atoms with Crippen LogP contribution in [-0.2, 0) is 11.3 Å². The summed E-state index contributed by atoms with van der Waals surface area (Å²) in [7, 11) is 0. The molecule has 1 amide bonds. The number of amides is 1. The number of hydrogen-bond donors (Lipinski definition) is 1. The van der Waals surface area contributed by atoms with E-state index < -0.39 is 10.7 Å². The van der Waals surface area contributed by atoms with Gasteiger partial charge in [0.05, 0.1) is 16.5 Å². The van der Waals surface area contributed by atoms with E-state index in [1.165, 1.54) is 22.8 Å². The first-order valence-electron chi connectivity index (χ1n) is 9.79. The summed E-state index contributed by atoms with van der Waals surface area (Å²) in [6, 6.07) is 4.39. The zero-order valence-electron chi connectivity index (χ0n) is 16.1. The fourth-order valence-corrected chi connectivity index (χ4v) is 3.78. The highest BCUT2D eigenvalue weighted by Crippen LogP contribution is 2.21. The number of nitrogens with one attached hydrogen (secondary N) is 1. The second-order valence-electron chi connectivity index (χ2n) is 7.10. The monoisotopic (exact) mass is 390 g/mol. The van der Waals surface area contributed by atoms with E-state index in [9.17, 15) is 19.7 Å². The van der Waals surface area contributed by atoms with Gasteiger partial charge in [0.25, 0.3) is 5.69 Å². The number of aryl methyl sites for hydroxylation is 1. The van der Waals surface area contributed by atoms with E-state index in [1.807, 2.05) is 4.90 Å². The van der Waals surface area contributed by atoms with Gasteiger partial charge in [0, 0.05) is 31.6 Å². The third-order valence-corrected chi connectivity index (χ3v) is 5.17. The van der Waals surface area contributed by atoms with Gasteiger partial charge < -0.3 is 14.6 Å². The van der Waals surface area contributed by atoms with Crippen LogP contribution >= 0.6 is 0 Å². The van der Waals surface area contributed by atoms with Gasteiger partial charge in [-0.05, 0) is 44.8 Å². The lowest BCUT2D eigenvalue weighted by atomic mass is 10.0. The van der Waals surface area contributed by atoms with Gasteiger partial charge in [0.1, 0.15) is 0 Å². The normalized spacial score (nSPS) is 15.0. The molecule has 2 heterocycles. The summed E-state index contributed by atoms with van der Waals surface area (Å²) in [5.74, 6) is -0.447. The Bertz CT molecular complexity index is 897. The van der Waals surface area contributed by atoms with E-state index >= 15 is 0 Å². The second kappa shape index (κ2) is 9.01. The van der Waals surface area contributed by atoms with Gasteiger partial charge in [-0.3, -0.25) is 19.5 Å². The Morgan fingerprint density at radius 2 is 2.14 bits per heavy atom. The lowest BCUT2D eigenvalue weighted by Gasteiger charge is -2.34. The smallest absolute Gasteiger partial charge is 0.407 e. The number of aromatic nitrogens is 1. The van der Waals surface area contributed by atoms with Crippen molar-refractivity contribution in [1.82, 2.24) is 14.8 Å². The number of hydrogen-bond acceptors (Lipinski definition) is 6. The van der Waals surface area contributed by atoms with Gasteiger partial charge >= 0.3 is 5.76 Å². The number of nitrogens with zero attached hydrogens (tertiary/aromatic N) is 3. The van der Waals surface area contributed by atoms with Crippen LogP contribution in [-0.4, -0.2) is 46.0 Å². The molecule has 3 rings (SSSR count). The predicted molar refractivity (Wildman–Crippen MR) is 104 cm³/mol. The summed E-state index contributed by atoms with van der Waals surface area (Å²) >= 11 is 0. The maximum atomic E-state index is 12.7. The summed E-state index contributed by atoms with van der Waals surface area (Å²) in [5.41, 5.74) is 0.570. The molecule has 152 valence electrons. The SMILES string of the molecule is CCCN(C(=O)CCCn1c(=O)oc2cc([N+](=O)[O-])ccc21)C1CCNCC1. The highest BCUT2D eigenvalue weighted by Gasteiger charge is 2.24. The van der Waals surface area contributed by atoms with Gasteiger partial charge in [-0.1, -0.05) is 6.92 Å². The molecule has 28 heavy (non-hydrogen) atoms. The van der Waals surface area contributed by atoms with Crippen LogP contribution in [0.5, 0.6) is 0 Å². The number of nitro groups is 1. The number of benzene rings is 1. The number of rotatable bonds is 8. The predicted octanol–water partition coefficient (Wildman–Crippen LogP) is 2.27. The Balaban J connectivity index is 1.65. The molecule has 9 nitrogen and oxygen atoms in total. The molecule has 1 aromatic heterocycles. The van der Waals surface area contributed by atoms with Crippen molar-refractivity contribution in [2.45, 2.75) is 51.6 Å². The molecule has 1 aliphatic rings. The van der Waals surface area contributed by atoms with E-state index in [4.69, 9.17) is 4.42 Å². The number of non-ortho nitro benzene ring substituents is 1. The van der Waals surface area contributed by atoms with Gasteiger partial charge in [-0.2, -0.15) is 0 Å².